The second-order valence-corrected chi connectivity index (χ2v) is 9.75. The number of aryl methyl sites for hydroxylation is 1. The molecule has 37 heavy (non-hydrogen) atoms. The quantitative estimate of drug-likeness (QED) is 0.435. The number of hydrogen-bond acceptors (Lipinski definition) is 6. The fourth-order valence-corrected chi connectivity index (χ4v) is 6.13. The summed E-state index contributed by atoms with van der Waals surface area (Å²) in [6, 6.07) is 16.8. The highest BCUT2D eigenvalue weighted by atomic mass is 16.5. The van der Waals surface area contributed by atoms with Gasteiger partial charge in [0.1, 0.15) is 22.6 Å². The van der Waals surface area contributed by atoms with Crippen LogP contribution in [-0.4, -0.2) is 55.1 Å². The molecule has 0 aliphatic carbocycles. The number of H-pyrrole nitrogens is 1. The zero-order valence-electron chi connectivity index (χ0n) is 20.1. The number of ether oxygens (including phenoxy) is 1. The number of anilines is 1. The van der Waals surface area contributed by atoms with Crippen LogP contribution in [-0.2, 0) is 23.3 Å². The minimum atomic E-state index is -0.943. The maximum absolute atomic E-state index is 14.6. The van der Waals surface area contributed by atoms with Gasteiger partial charge in [0.05, 0.1) is 25.4 Å². The number of fused-ring (bicyclic) bond motifs is 8. The molecule has 10 nitrogen and oxygen atoms in total. The van der Waals surface area contributed by atoms with E-state index in [1.54, 1.807) is 26.7 Å². The third-order valence-electron chi connectivity index (χ3n) is 7.70. The molecule has 10 heteroatoms. The molecular weight excluding hydrogens is 470 g/mol. The van der Waals surface area contributed by atoms with E-state index in [2.05, 4.69) is 20.5 Å². The van der Waals surface area contributed by atoms with Gasteiger partial charge in [-0.05, 0) is 41.8 Å². The van der Waals surface area contributed by atoms with E-state index >= 15 is 0 Å². The van der Waals surface area contributed by atoms with Crippen LogP contribution in [0, 0.1) is 0 Å². The molecule has 1 saturated heterocycles. The molecule has 3 aliphatic heterocycles. The van der Waals surface area contributed by atoms with Crippen molar-refractivity contribution in [2.24, 2.45) is 0 Å². The third-order valence-corrected chi connectivity index (χ3v) is 7.70. The average molecular weight is 496 g/mol. The molecule has 4 aromatic rings. The number of amides is 2. The molecule has 0 unspecified atom stereocenters. The molecule has 7 rings (SSSR count). The van der Waals surface area contributed by atoms with Crippen LogP contribution in [0.2, 0.25) is 0 Å². The Morgan fingerprint density at radius 2 is 2.03 bits per heavy atom. The van der Waals surface area contributed by atoms with E-state index in [0.717, 1.165) is 28.9 Å². The van der Waals surface area contributed by atoms with Crippen LogP contribution in [0.3, 0.4) is 0 Å². The first-order valence-corrected chi connectivity index (χ1v) is 12.5. The smallest absolute Gasteiger partial charge is 0.272 e. The SMILES string of the molecule is O=C(c1ccn[nH]1)N1CC[C@@]23C(=O)N(Cc4cn(nn4)CCCOc4cccc(c4)[C@H]12)c1ccccc13. The molecule has 6 bridgehead atoms. The van der Waals surface area contributed by atoms with Crippen LogP contribution in [0.5, 0.6) is 5.75 Å². The number of hydrogen-bond donors (Lipinski definition) is 1. The van der Waals surface area contributed by atoms with Crippen molar-refractivity contribution in [3.63, 3.8) is 0 Å². The van der Waals surface area contributed by atoms with Gasteiger partial charge in [0, 0.05) is 31.4 Å². The molecule has 2 atom stereocenters. The lowest BCUT2D eigenvalue weighted by molar-refractivity contribution is -0.124. The first-order valence-electron chi connectivity index (χ1n) is 12.5. The largest absolute Gasteiger partial charge is 0.494 e. The standard InChI is InChI=1S/C27H25N7O3/c35-25(22-9-11-28-30-22)33-13-10-27-21-7-1-2-8-23(21)34(26(27)36)17-19-16-32(31-29-19)12-4-14-37-20-6-3-5-18(15-20)24(27)33/h1-3,5-9,11,15-16,24H,4,10,12-14,17H2,(H,28,30)/t24-,27-/m0/s1. The van der Waals surface area contributed by atoms with Crippen LogP contribution in [0.4, 0.5) is 5.69 Å². The molecule has 2 aromatic heterocycles. The number of benzene rings is 2. The molecule has 186 valence electrons. The zero-order valence-corrected chi connectivity index (χ0v) is 20.1. The van der Waals surface area contributed by atoms with Crippen molar-refractivity contribution in [1.29, 1.82) is 0 Å². The van der Waals surface area contributed by atoms with Gasteiger partial charge in [-0.3, -0.25) is 19.4 Å². The number of nitrogens with one attached hydrogen (secondary N) is 1. The van der Waals surface area contributed by atoms with E-state index in [-0.39, 0.29) is 11.8 Å². The Kier molecular flexibility index (Phi) is 4.88. The fourth-order valence-electron chi connectivity index (χ4n) is 6.13. The number of carbonyl (C=O) groups is 2. The minimum absolute atomic E-state index is 0.0330. The number of nitrogens with zero attached hydrogens (tertiary/aromatic N) is 6. The monoisotopic (exact) mass is 495 g/mol. The van der Waals surface area contributed by atoms with Gasteiger partial charge in [0.25, 0.3) is 5.91 Å². The fraction of sp³-hybridized carbons (Fsp3) is 0.296. The predicted molar refractivity (Wildman–Crippen MR) is 133 cm³/mol. The van der Waals surface area contributed by atoms with E-state index in [9.17, 15) is 9.59 Å². The van der Waals surface area contributed by atoms with Gasteiger partial charge in [-0.25, -0.2) is 0 Å². The van der Waals surface area contributed by atoms with E-state index in [0.29, 0.717) is 44.1 Å². The maximum Gasteiger partial charge on any atom is 0.272 e. The number of likely N-dealkylation sites (tertiary alicyclic amines) is 1. The summed E-state index contributed by atoms with van der Waals surface area (Å²) in [6.07, 6.45) is 4.72. The first kappa shape index (κ1) is 21.8. The maximum atomic E-state index is 14.6. The Balaban J connectivity index is 1.43. The van der Waals surface area contributed by atoms with Crippen molar-refractivity contribution in [3.05, 3.63) is 89.5 Å². The number of para-hydroxylation sites is 1. The average Bonchev–Trinajstić information content (AvgIpc) is 3.72. The van der Waals surface area contributed by atoms with Gasteiger partial charge in [-0.1, -0.05) is 35.5 Å². The lowest BCUT2D eigenvalue weighted by Gasteiger charge is -2.35. The molecule has 2 aromatic carbocycles. The summed E-state index contributed by atoms with van der Waals surface area (Å²) < 4.78 is 7.88. The van der Waals surface area contributed by atoms with Crippen molar-refractivity contribution in [3.8, 4) is 5.75 Å². The highest BCUT2D eigenvalue weighted by Gasteiger charge is 2.61. The summed E-state index contributed by atoms with van der Waals surface area (Å²) in [5.41, 5.74) is 2.82. The molecule has 0 radical (unpaired) electrons. The van der Waals surface area contributed by atoms with Crippen LogP contribution in [0.1, 0.15) is 46.2 Å². The van der Waals surface area contributed by atoms with Crippen molar-refractivity contribution in [2.75, 3.05) is 18.1 Å². The van der Waals surface area contributed by atoms with Crippen molar-refractivity contribution < 1.29 is 14.3 Å². The Labute approximate surface area is 212 Å². The molecule has 1 fully saturated rings. The van der Waals surface area contributed by atoms with Gasteiger partial charge in [0.2, 0.25) is 5.91 Å². The highest BCUT2D eigenvalue weighted by molar-refractivity contribution is 6.09. The summed E-state index contributed by atoms with van der Waals surface area (Å²) >= 11 is 0. The summed E-state index contributed by atoms with van der Waals surface area (Å²) in [7, 11) is 0. The van der Waals surface area contributed by atoms with Crippen LogP contribution >= 0.6 is 0 Å². The molecule has 1 N–H and O–H groups in total. The van der Waals surface area contributed by atoms with Crippen LogP contribution < -0.4 is 9.64 Å². The Morgan fingerprint density at radius 3 is 2.92 bits per heavy atom. The van der Waals surface area contributed by atoms with Gasteiger partial charge in [-0.15, -0.1) is 5.10 Å². The zero-order chi connectivity index (χ0) is 25.0. The van der Waals surface area contributed by atoms with E-state index in [1.165, 1.54) is 0 Å². The summed E-state index contributed by atoms with van der Waals surface area (Å²) in [5.74, 6) is 0.489. The molecule has 5 heterocycles. The van der Waals surface area contributed by atoms with Gasteiger partial charge in [-0.2, -0.15) is 5.10 Å². The topological polar surface area (TPSA) is 109 Å². The molecule has 2 amide bonds. The van der Waals surface area contributed by atoms with E-state index in [4.69, 9.17) is 4.74 Å². The van der Waals surface area contributed by atoms with E-state index in [1.807, 2.05) is 54.7 Å². The lowest BCUT2D eigenvalue weighted by Crippen LogP contribution is -2.45. The Bertz CT molecular complexity index is 1500. The lowest BCUT2D eigenvalue weighted by atomic mass is 9.72. The highest BCUT2D eigenvalue weighted by Crippen LogP contribution is 2.57. The van der Waals surface area contributed by atoms with Crippen molar-refractivity contribution in [2.45, 2.75) is 37.4 Å². The molecule has 0 saturated carbocycles. The molecular formula is C27H25N7O3. The minimum Gasteiger partial charge on any atom is -0.494 e. The number of aromatic nitrogens is 5. The third kappa shape index (κ3) is 3.28. The second kappa shape index (κ2) is 8.29. The van der Waals surface area contributed by atoms with Gasteiger partial charge < -0.3 is 14.5 Å². The number of carbonyl (C=O) groups excluding carboxylic acids is 2. The first-order chi connectivity index (χ1) is 18.1. The van der Waals surface area contributed by atoms with E-state index < -0.39 is 11.5 Å². The number of rotatable bonds is 1. The van der Waals surface area contributed by atoms with Crippen molar-refractivity contribution in [1.82, 2.24) is 30.1 Å². The Hall–Kier alpha value is -4.47. The second-order valence-electron chi connectivity index (χ2n) is 9.75. The summed E-state index contributed by atoms with van der Waals surface area (Å²) in [5, 5.41) is 15.4. The summed E-state index contributed by atoms with van der Waals surface area (Å²) in [4.78, 5) is 31.9. The molecule has 3 aliphatic rings. The van der Waals surface area contributed by atoms with Gasteiger partial charge in [0.15, 0.2) is 0 Å². The molecule has 1 spiro atoms. The van der Waals surface area contributed by atoms with Crippen LogP contribution in [0.15, 0.2) is 67.0 Å². The summed E-state index contributed by atoms with van der Waals surface area (Å²) in [6.45, 7) is 1.92. The predicted octanol–water partition coefficient (Wildman–Crippen LogP) is 2.86. The van der Waals surface area contributed by atoms with Gasteiger partial charge >= 0.3 is 0 Å². The number of aromatic amines is 1. The van der Waals surface area contributed by atoms with Crippen molar-refractivity contribution >= 4 is 17.5 Å². The van der Waals surface area contributed by atoms with Crippen LogP contribution in [0.25, 0.3) is 0 Å². The Morgan fingerprint density at radius 1 is 1.11 bits per heavy atom. The normalized spacial score (nSPS) is 22.6.